The molecule has 1 saturated heterocycles. The number of hydrogen-bond donors (Lipinski definition) is 1. The first-order valence-corrected chi connectivity index (χ1v) is 21.2. The quantitative estimate of drug-likeness (QED) is 0.295. The standard InChI is InChI=1S/C48H61F2NO5/c1-42-21-22-43(2,41(55)56-38(31-13-9-7-10-14-31)32-15-11-8-12-16-32)30-34(42)33-29-35(52)39-44(3)19-18-37(51-27-25-48(49,50)26-28-51)47(6,40(53)54)36(44)17-20-46(39,5)45(33,4)24-23-42/h7-16,29,34,36-39H,17-28,30H2,1-6H3,(H,53,54)/t34-,36+,37-,39+,42+,43-,44-,45+,46+,47-/m0/s1. The Balaban J connectivity index is 1.11. The topological polar surface area (TPSA) is 83.9 Å². The summed E-state index contributed by atoms with van der Waals surface area (Å²) in [6, 6.07) is 19.5. The lowest BCUT2D eigenvalue weighted by Crippen LogP contribution is -2.69. The summed E-state index contributed by atoms with van der Waals surface area (Å²) in [6.45, 7) is 13.5. The number of benzene rings is 2. The molecule has 56 heavy (non-hydrogen) atoms. The molecule has 1 aliphatic heterocycles. The van der Waals surface area contributed by atoms with Gasteiger partial charge in [0, 0.05) is 37.9 Å². The molecule has 0 radical (unpaired) electrons. The Morgan fingerprint density at radius 2 is 1.38 bits per heavy atom. The van der Waals surface area contributed by atoms with Gasteiger partial charge in [0.2, 0.25) is 0 Å². The van der Waals surface area contributed by atoms with Crippen molar-refractivity contribution < 1.29 is 33.0 Å². The Morgan fingerprint density at radius 1 is 0.786 bits per heavy atom. The van der Waals surface area contributed by atoms with E-state index < -0.39 is 39.7 Å². The number of carbonyl (C=O) groups excluding carboxylic acids is 2. The summed E-state index contributed by atoms with van der Waals surface area (Å²) in [5.41, 5.74) is -0.200. The average Bonchev–Trinajstić information content (AvgIpc) is 3.16. The minimum atomic E-state index is -2.71. The van der Waals surface area contributed by atoms with Crippen LogP contribution in [0.3, 0.4) is 0 Å². The van der Waals surface area contributed by atoms with Gasteiger partial charge in [-0.1, -0.05) is 93.9 Å². The predicted octanol–water partition coefficient (Wildman–Crippen LogP) is 10.5. The number of allylic oxidation sites excluding steroid dienone is 2. The van der Waals surface area contributed by atoms with Crippen LogP contribution in [0.5, 0.6) is 0 Å². The number of aliphatic carboxylic acids is 1. The lowest BCUT2D eigenvalue weighted by Gasteiger charge is -2.70. The highest BCUT2D eigenvalue weighted by Gasteiger charge is 2.72. The summed E-state index contributed by atoms with van der Waals surface area (Å²) < 4.78 is 35.0. The molecule has 5 fully saturated rings. The fraction of sp³-hybridized carbons (Fsp3) is 0.646. The molecule has 2 aromatic rings. The predicted molar refractivity (Wildman–Crippen MR) is 212 cm³/mol. The van der Waals surface area contributed by atoms with E-state index in [1.807, 2.05) is 78.6 Å². The average molecular weight is 770 g/mol. The maximum absolute atomic E-state index is 15.1. The molecule has 0 unspecified atom stereocenters. The third-order valence-corrected chi connectivity index (χ3v) is 17.6. The second-order valence-electron chi connectivity index (χ2n) is 20.4. The van der Waals surface area contributed by atoms with Crippen LogP contribution < -0.4 is 0 Å². The van der Waals surface area contributed by atoms with Gasteiger partial charge in [0.15, 0.2) is 11.9 Å². The molecule has 5 aliphatic carbocycles. The second-order valence-corrected chi connectivity index (χ2v) is 20.4. The fourth-order valence-electron chi connectivity index (χ4n) is 13.9. The lowest BCUT2D eigenvalue weighted by molar-refractivity contribution is -0.211. The van der Waals surface area contributed by atoms with E-state index in [1.165, 1.54) is 5.57 Å². The number of ether oxygens (including phenoxy) is 1. The summed E-state index contributed by atoms with van der Waals surface area (Å²) in [4.78, 5) is 45.1. The maximum Gasteiger partial charge on any atom is 0.312 e. The number of nitrogens with zero attached hydrogens (tertiary/aromatic N) is 1. The maximum atomic E-state index is 15.1. The molecule has 0 bridgehead atoms. The molecule has 0 amide bonds. The number of carbonyl (C=O) groups is 3. The van der Waals surface area contributed by atoms with Crippen molar-refractivity contribution in [2.75, 3.05) is 13.1 Å². The van der Waals surface area contributed by atoms with E-state index in [1.54, 1.807) is 0 Å². The van der Waals surface area contributed by atoms with Crippen LogP contribution >= 0.6 is 0 Å². The molecule has 1 heterocycles. The van der Waals surface area contributed by atoms with Crippen molar-refractivity contribution in [1.82, 2.24) is 4.90 Å². The van der Waals surface area contributed by atoms with Gasteiger partial charge in [-0.25, -0.2) is 8.78 Å². The van der Waals surface area contributed by atoms with E-state index in [4.69, 9.17) is 4.74 Å². The molecule has 6 nitrogen and oxygen atoms in total. The molecule has 8 rings (SSSR count). The van der Waals surface area contributed by atoms with Crippen LogP contribution in [0.4, 0.5) is 8.78 Å². The number of piperidine rings is 1. The van der Waals surface area contributed by atoms with Gasteiger partial charge in [-0.2, -0.15) is 0 Å². The minimum absolute atomic E-state index is 0.0314. The van der Waals surface area contributed by atoms with E-state index >= 15 is 4.79 Å². The van der Waals surface area contributed by atoms with E-state index in [2.05, 4.69) is 34.6 Å². The van der Waals surface area contributed by atoms with Crippen LogP contribution in [0.1, 0.15) is 129 Å². The lowest BCUT2D eigenvalue weighted by atomic mass is 9.33. The van der Waals surface area contributed by atoms with Crippen molar-refractivity contribution >= 4 is 17.7 Å². The smallest absolute Gasteiger partial charge is 0.312 e. The molecule has 6 aliphatic rings. The normalized spacial score (nSPS) is 42.0. The number of halogens is 2. The highest BCUT2D eigenvalue weighted by molar-refractivity contribution is 5.96. The van der Waals surface area contributed by atoms with E-state index in [-0.39, 0.29) is 72.3 Å². The van der Waals surface area contributed by atoms with E-state index in [0.29, 0.717) is 25.7 Å². The third-order valence-electron chi connectivity index (χ3n) is 17.6. The first-order chi connectivity index (χ1) is 26.3. The zero-order valence-corrected chi connectivity index (χ0v) is 34.2. The first kappa shape index (κ1) is 39.4. The van der Waals surface area contributed by atoms with Gasteiger partial charge in [0.1, 0.15) is 0 Å². The largest absolute Gasteiger partial charge is 0.481 e. The molecule has 0 spiro atoms. The highest BCUT2D eigenvalue weighted by Crippen LogP contribution is 2.75. The number of alkyl halides is 2. The summed E-state index contributed by atoms with van der Waals surface area (Å²) in [7, 11) is 0. The van der Waals surface area contributed by atoms with Crippen molar-refractivity contribution in [3.8, 4) is 0 Å². The van der Waals surface area contributed by atoms with Gasteiger partial charge < -0.3 is 9.84 Å². The Hall–Kier alpha value is -3.39. The van der Waals surface area contributed by atoms with Crippen LogP contribution in [-0.4, -0.2) is 52.8 Å². The van der Waals surface area contributed by atoms with Crippen LogP contribution in [0.15, 0.2) is 72.3 Å². The summed E-state index contributed by atoms with van der Waals surface area (Å²) in [5.74, 6) is -4.28. The summed E-state index contributed by atoms with van der Waals surface area (Å²) >= 11 is 0. The number of carboxylic acids is 1. The SMILES string of the molecule is C[C@]1(C(=O)OC(c2ccccc2)c2ccccc2)CC[C@]2(C)CC[C@]3(C)C(=CC(=O)[C@@H]4[C@@]5(C)CC[C@H](N6CCC(F)(F)CC6)[C@@](C)(C(=O)O)[C@@H]5CC[C@]43C)[C@@H]2C1. The zero-order chi connectivity index (χ0) is 40.1. The first-order valence-electron chi connectivity index (χ1n) is 21.2. The van der Waals surface area contributed by atoms with E-state index in [0.717, 1.165) is 43.2 Å². The Labute approximate surface area is 331 Å². The molecule has 0 aromatic heterocycles. The number of likely N-dealkylation sites (tertiary alicyclic amines) is 1. The van der Waals surface area contributed by atoms with Crippen LogP contribution in [-0.2, 0) is 19.1 Å². The molecule has 2 aromatic carbocycles. The molecular formula is C48H61F2NO5. The molecule has 302 valence electrons. The van der Waals surface area contributed by atoms with Crippen LogP contribution in [0.2, 0.25) is 0 Å². The monoisotopic (exact) mass is 769 g/mol. The Morgan fingerprint density at radius 3 is 1.96 bits per heavy atom. The molecule has 4 saturated carbocycles. The Bertz CT molecular complexity index is 1870. The minimum Gasteiger partial charge on any atom is -0.481 e. The molecule has 8 heteroatoms. The van der Waals surface area contributed by atoms with E-state index in [9.17, 15) is 23.5 Å². The Kier molecular flexibility index (Phi) is 9.38. The van der Waals surface area contributed by atoms with Crippen molar-refractivity contribution in [2.45, 2.75) is 130 Å². The number of hydrogen-bond acceptors (Lipinski definition) is 5. The van der Waals surface area contributed by atoms with Crippen molar-refractivity contribution in [3.63, 3.8) is 0 Å². The number of carboxylic acid groups (broad SMARTS) is 1. The van der Waals surface area contributed by atoms with Crippen LogP contribution in [0.25, 0.3) is 0 Å². The molecule has 10 atom stereocenters. The van der Waals surface area contributed by atoms with Gasteiger partial charge in [-0.3, -0.25) is 19.3 Å². The highest BCUT2D eigenvalue weighted by atomic mass is 19.3. The number of esters is 1. The second kappa shape index (κ2) is 13.3. The van der Waals surface area contributed by atoms with Crippen molar-refractivity contribution in [1.29, 1.82) is 0 Å². The third kappa shape index (κ3) is 5.79. The van der Waals surface area contributed by atoms with Gasteiger partial charge >= 0.3 is 11.9 Å². The van der Waals surface area contributed by atoms with Crippen molar-refractivity contribution in [2.24, 2.45) is 50.2 Å². The van der Waals surface area contributed by atoms with Gasteiger partial charge in [-0.05, 0) is 122 Å². The van der Waals surface area contributed by atoms with Crippen LogP contribution in [0, 0.1) is 50.2 Å². The van der Waals surface area contributed by atoms with Crippen molar-refractivity contribution in [3.05, 3.63) is 83.4 Å². The molecular weight excluding hydrogens is 709 g/mol. The number of fused-ring (bicyclic) bond motifs is 7. The number of rotatable bonds is 6. The van der Waals surface area contributed by atoms with Gasteiger partial charge in [-0.15, -0.1) is 0 Å². The zero-order valence-electron chi connectivity index (χ0n) is 34.2. The summed E-state index contributed by atoms with van der Waals surface area (Å²) in [5, 5.41) is 11.0. The fourth-order valence-corrected chi connectivity index (χ4v) is 13.9. The summed E-state index contributed by atoms with van der Waals surface area (Å²) in [6.07, 6.45) is 7.75. The molecule has 1 N–H and O–H groups in total. The van der Waals surface area contributed by atoms with Gasteiger partial charge in [0.25, 0.3) is 5.92 Å². The van der Waals surface area contributed by atoms with Gasteiger partial charge in [0.05, 0.1) is 10.8 Å². The number of ketones is 1.